The molecule has 0 radical (unpaired) electrons. The van der Waals surface area contributed by atoms with E-state index in [0.29, 0.717) is 0 Å². The molecule has 0 bridgehead atoms. The summed E-state index contributed by atoms with van der Waals surface area (Å²) in [4.78, 5) is 8.48. The third-order valence-electron chi connectivity index (χ3n) is 4.57. The Bertz CT molecular complexity index is 923. The second kappa shape index (κ2) is 6.77. The fraction of sp³-hybridized carbons (Fsp3) is 0.316. The number of benzene rings is 2. The van der Waals surface area contributed by atoms with Crippen molar-refractivity contribution < 1.29 is 9.47 Å². The molecule has 2 aromatic carbocycles. The smallest absolute Gasteiger partial charge is 0.186 e. The molecule has 0 saturated carbocycles. The number of rotatable bonds is 4. The van der Waals surface area contributed by atoms with Crippen molar-refractivity contribution in [3.8, 4) is 11.5 Å². The third kappa shape index (κ3) is 3.04. The number of methoxy groups -OCH3 is 2. The van der Waals surface area contributed by atoms with Crippen LogP contribution in [0.15, 0.2) is 35.2 Å². The SMILES string of the molecule is COc1cc2c(cc1OC)CN(c1nc3ccc(SC)cc3s1)CC2. The second-order valence-electron chi connectivity index (χ2n) is 5.98. The topological polar surface area (TPSA) is 34.6 Å². The number of aromatic nitrogens is 1. The van der Waals surface area contributed by atoms with E-state index in [1.54, 1.807) is 37.3 Å². The second-order valence-corrected chi connectivity index (χ2v) is 7.87. The first-order valence-corrected chi connectivity index (χ1v) is 10.2. The van der Waals surface area contributed by atoms with Gasteiger partial charge in [-0.3, -0.25) is 0 Å². The molecule has 1 aromatic heterocycles. The predicted octanol–water partition coefficient (Wildman–Crippen LogP) is 4.60. The summed E-state index contributed by atoms with van der Waals surface area (Å²) < 4.78 is 12.1. The van der Waals surface area contributed by atoms with E-state index in [-0.39, 0.29) is 0 Å². The number of ether oxygens (including phenoxy) is 2. The first-order valence-electron chi connectivity index (χ1n) is 8.15. The van der Waals surface area contributed by atoms with Crippen LogP contribution in [0.1, 0.15) is 11.1 Å². The van der Waals surface area contributed by atoms with Gasteiger partial charge in [-0.2, -0.15) is 0 Å². The maximum atomic E-state index is 5.46. The van der Waals surface area contributed by atoms with Gasteiger partial charge in [-0.1, -0.05) is 11.3 Å². The third-order valence-corrected chi connectivity index (χ3v) is 6.38. The molecular formula is C19H20N2O2S2. The summed E-state index contributed by atoms with van der Waals surface area (Å²) in [6.45, 7) is 1.82. The van der Waals surface area contributed by atoms with E-state index in [0.717, 1.165) is 41.7 Å². The van der Waals surface area contributed by atoms with Gasteiger partial charge in [0, 0.05) is 18.0 Å². The van der Waals surface area contributed by atoms with Gasteiger partial charge in [0.15, 0.2) is 16.6 Å². The van der Waals surface area contributed by atoms with Crippen LogP contribution in [0.5, 0.6) is 11.5 Å². The summed E-state index contributed by atoms with van der Waals surface area (Å²) in [5, 5.41) is 1.09. The summed E-state index contributed by atoms with van der Waals surface area (Å²) in [6, 6.07) is 10.7. The van der Waals surface area contributed by atoms with E-state index in [2.05, 4.69) is 41.5 Å². The highest BCUT2D eigenvalue weighted by molar-refractivity contribution is 7.98. The maximum Gasteiger partial charge on any atom is 0.186 e. The predicted molar refractivity (Wildman–Crippen MR) is 106 cm³/mol. The quantitative estimate of drug-likeness (QED) is 0.626. The van der Waals surface area contributed by atoms with Crippen molar-refractivity contribution in [2.45, 2.75) is 17.9 Å². The molecule has 6 heteroatoms. The van der Waals surface area contributed by atoms with Gasteiger partial charge in [-0.15, -0.1) is 11.8 Å². The van der Waals surface area contributed by atoms with Crippen molar-refractivity contribution in [1.29, 1.82) is 0 Å². The molecule has 0 amide bonds. The van der Waals surface area contributed by atoms with E-state index in [4.69, 9.17) is 14.5 Å². The average molecular weight is 373 g/mol. The minimum absolute atomic E-state index is 0.789. The molecule has 4 rings (SSSR count). The van der Waals surface area contributed by atoms with Crippen LogP contribution < -0.4 is 14.4 Å². The van der Waals surface area contributed by atoms with Gasteiger partial charge in [-0.25, -0.2) is 4.98 Å². The molecule has 4 nitrogen and oxygen atoms in total. The Morgan fingerprint density at radius 2 is 1.84 bits per heavy atom. The van der Waals surface area contributed by atoms with E-state index < -0.39 is 0 Å². The van der Waals surface area contributed by atoms with Gasteiger partial charge >= 0.3 is 0 Å². The summed E-state index contributed by atoms with van der Waals surface area (Å²) >= 11 is 3.54. The molecule has 0 N–H and O–H groups in total. The summed E-state index contributed by atoms with van der Waals surface area (Å²) in [7, 11) is 3.37. The van der Waals surface area contributed by atoms with Gasteiger partial charge in [0.2, 0.25) is 0 Å². The normalized spacial score (nSPS) is 13.8. The Morgan fingerprint density at radius 3 is 2.56 bits per heavy atom. The molecule has 0 saturated heterocycles. The van der Waals surface area contributed by atoms with E-state index in [1.165, 1.54) is 20.7 Å². The van der Waals surface area contributed by atoms with Crippen LogP contribution in [0.2, 0.25) is 0 Å². The number of fused-ring (bicyclic) bond motifs is 2. The Balaban J connectivity index is 1.65. The van der Waals surface area contributed by atoms with Gasteiger partial charge in [0.25, 0.3) is 0 Å². The van der Waals surface area contributed by atoms with E-state index >= 15 is 0 Å². The minimum atomic E-state index is 0.789. The number of thiazole rings is 1. The Morgan fingerprint density at radius 1 is 1.08 bits per heavy atom. The van der Waals surface area contributed by atoms with Crippen molar-refractivity contribution >= 4 is 38.4 Å². The van der Waals surface area contributed by atoms with E-state index in [9.17, 15) is 0 Å². The molecule has 0 aliphatic carbocycles. The molecule has 3 aromatic rings. The number of hydrogen-bond acceptors (Lipinski definition) is 6. The summed E-state index contributed by atoms with van der Waals surface area (Å²) in [5.41, 5.74) is 3.70. The van der Waals surface area contributed by atoms with Gasteiger partial charge in [0.05, 0.1) is 24.4 Å². The molecule has 0 spiro atoms. The van der Waals surface area contributed by atoms with Gasteiger partial charge in [-0.05, 0) is 54.1 Å². The van der Waals surface area contributed by atoms with Crippen molar-refractivity contribution in [1.82, 2.24) is 4.98 Å². The standard InChI is InChI=1S/C19H20N2O2S2/c1-22-16-8-12-6-7-21(11-13(12)9-17(16)23-2)19-20-15-5-4-14(24-3)10-18(15)25-19/h4-5,8-10H,6-7,11H2,1-3H3. The lowest BCUT2D eigenvalue weighted by atomic mass is 9.99. The molecule has 0 fully saturated rings. The number of anilines is 1. The van der Waals surface area contributed by atoms with Gasteiger partial charge < -0.3 is 14.4 Å². The Hall–Kier alpha value is -1.92. The van der Waals surface area contributed by atoms with Crippen LogP contribution in [0.25, 0.3) is 10.2 Å². The van der Waals surface area contributed by atoms with Crippen molar-refractivity contribution in [2.24, 2.45) is 0 Å². The fourth-order valence-electron chi connectivity index (χ4n) is 3.20. The van der Waals surface area contributed by atoms with Crippen molar-refractivity contribution in [3.05, 3.63) is 41.5 Å². The number of nitrogens with zero attached hydrogens (tertiary/aromatic N) is 2. The van der Waals surface area contributed by atoms with Crippen LogP contribution in [0.4, 0.5) is 5.13 Å². The molecule has 25 heavy (non-hydrogen) atoms. The van der Waals surface area contributed by atoms with Crippen LogP contribution in [-0.4, -0.2) is 32.0 Å². The molecule has 1 aliphatic rings. The van der Waals surface area contributed by atoms with E-state index in [1.807, 2.05) is 0 Å². The minimum Gasteiger partial charge on any atom is -0.493 e. The lowest BCUT2D eigenvalue weighted by Crippen LogP contribution is -2.30. The monoisotopic (exact) mass is 372 g/mol. The lowest BCUT2D eigenvalue weighted by molar-refractivity contribution is 0.353. The average Bonchev–Trinajstić information content (AvgIpc) is 3.09. The highest BCUT2D eigenvalue weighted by atomic mass is 32.2. The fourth-order valence-corrected chi connectivity index (χ4v) is 4.75. The highest BCUT2D eigenvalue weighted by Gasteiger charge is 2.21. The van der Waals surface area contributed by atoms with Crippen molar-refractivity contribution in [2.75, 3.05) is 31.9 Å². The lowest BCUT2D eigenvalue weighted by Gasteiger charge is -2.29. The van der Waals surface area contributed by atoms with Crippen LogP contribution >= 0.6 is 23.1 Å². The zero-order chi connectivity index (χ0) is 17.4. The zero-order valence-corrected chi connectivity index (χ0v) is 16.2. The first kappa shape index (κ1) is 16.5. The summed E-state index contributed by atoms with van der Waals surface area (Å²) in [6.07, 6.45) is 3.09. The molecule has 2 heterocycles. The maximum absolute atomic E-state index is 5.46. The molecule has 130 valence electrons. The Labute approximate surface area is 155 Å². The van der Waals surface area contributed by atoms with Crippen LogP contribution in [0.3, 0.4) is 0 Å². The number of hydrogen-bond donors (Lipinski definition) is 0. The highest BCUT2D eigenvalue weighted by Crippen LogP contribution is 2.37. The van der Waals surface area contributed by atoms with Crippen LogP contribution in [-0.2, 0) is 13.0 Å². The molecule has 0 unspecified atom stereocenters. The van der Waals surface area contributed by atoms with Gasteiger partial charge in [0.1, 0.15) is 0 Å². The molecule has 1 aliphatic heterocycles. The molecule has 0 atom stereocenters. The van der Waals surface area contributed by atoms with Crippen LogP contribution in [0, 0.1) is 0 Å². The summed E-state index contributed by atoms with van der Waals surface area (Å²) in [5.74, 6) is 1.59. The largest absolute Gasteiger partial charge is 0.493 e. The first-order chi connectivity index (χ1) is 12.2. The van der Waals surface area contributed by atoms with Crippen molar-refractivity contribution in [3.63, 3.8) is 0 Å². The number of thioether (sulfide) groups is 1. The Kier molecular flexibility index (Phi) is 4.48. The zero-order valence-electron chi connectivity index (χ0n) is 14.5. The molecular weight excluding hydrogens is 352 g/mol.